The SMILES string of the molecule is [NH3+]N1C(=O)c2ccccc2C1=O. The van der Waals surface area contributed by atoms with Gasteiger partial charge in [0, 0.05) is 0 Å². The largest absolute Gasteiger partial charge is 0.307 e. The van der Waals surface area contributed by atoms with Crippen molar-refractivity contribution in [2.45, 2.75) is 0 Å². The molecular formula is C8H7N2O2+. The molecule has 0 spiro atoms. The van der Waals surface area contributed by atoms with Crippen LogP contribution in [0.2, 0.25) is 0 Å². The average Bonchev–Trinajstić information content (AvgIpc) is 2.33. The van der Waals surface area contributed by atoms with Gasteiger partial charge in [-0.2, -0.15) is 0 Å². The number of carbonyl (C=O) groups excluding carboxylic acids is 2. The van der Waals surface area contributed by atoms with Gasteiger partial charge in [0.05, 0.1) is 11.1 Å². The number of fused-ring (bicyclic) bond motifs is 1. The van der Waals surface area contributed by atoms with E-state index in [1.165, 1.54) is 0 Å². The smallest absolute Gasteiger partial charge is 0.263 e. The summed E-state index contributed by atoms with van der Waals surface area (Å²) in [7, 11) is 0. The normalized spacial score (nSPS) is 15.2. The summed E-state index contributed by atoms with van der Waals surface area (Å²) in [5.74, 6) is 2.70. The molecule has 2 rings (SSSR count). The maximum atomic E-state index is 11.2. The third-order valence-electron chi connectivity index (χ3n) is 1.88. The quantitative estimate of drug-likeness (QED) is 0.521. The van der Waals surface area contributed by atoms with E-state index in [9.17, 15) is 9.59 Å². The number of quaternary nitrogens is 1. The Hall–Kier alpha value is -1.68. The van der Waals surface area contributed by atoms with E-state index in [0.717, 1.165) is 5.01 Å². The fourth-order valence-electron chi connectivity index (χ4n) is 1.24. The second kappa shape index (κ2) is 2.15. The van der Waals surface area contributed by atoms with Crippen LogP contribution in [0.1, 0.15) is 20.7 Å². The van der Waals surface area contributed by atoms with E-state index in [1.807, 2.05) is 0 Å². The van der Waals surface area contributed by atoms with Gasteiger partial charge in [-0.1, -0.05) is 12.1 Å². The molecule has 4 nitrogen and oxygen atoms in total. The molecule has 0 bridgehead atoms. The van der Waals surface area contributed by atoms with E-state index in [4.69, 9.17) is 0 Å². The minimum Gasteiger partial charge on any atom is -0.263 e. The lowest BCUT2D eigenvalue weighted by Crippen LogP contribution is -2.69. The Morgan fingerprint density at radius 3 is 1.83 bits per heavy atom. The zero-order valence-corrected chi connectivity index (χ0v) is 6.28. The Kier molecular flexibility index (Phi) is 1.25. The molecule has 2 amide bonds. The number of benzene rings is 1. The second-order valence-corrected chi connectivity index (χ2v) is 2.58. The minimum absolute atomic E-state index is 0.324. The third kappa shape index (κ3) is 0.695. The summed E-state index contributed by atoms with van der Waals surface area (Å²) in [6.45, 7) is 0. The van der Waals surface area contributed by atoms with Gasteiger partial charge < -0.3 is 0 Å². The van der Waals surface area contributed by atoms with Crippen molar-refractivity contribution in [2.75, 3.05) is 0 Å². The van der Waals surface area contributed by atoms with E-state index in [2.05, 4.69) is 5.84 Å². The van der Waals surface area contributed by atoms with Crippen LogP contribution in [0.4, 0.5) is 0 Å². The van der Waals surface area contributed by atoms with Gasteiger partial charge in [0.15, 0.2) is 0 Å². The van der Waals surface area contributed by atoms with Gasteiger partial charge in [0.25, 0.3) is 0 Å². The Morgan fingerprint density at radius 1 is 1.00 bits per heavy atom. The number of imide groups is 1. The summed E-state index contributed by atoms with van der Waals surface area (Å²) < 4.78 is 0. The van der Waals surface area contributed by atoms with Crippen molar-refractivity contribution >= 4 is 11.8 Å². The topological polar surface area (TPSA) is 65.0 Å². The van der Waals surface area contributed by atoms with Crippen LogP contribution in [0, 0.1) is 0 Å². The molecule has 0 radical (unpaired) electrons. The third-order valence-corrected chi connectivity index (χ3v) is 1.88. The highest BCUT2D eigenvalue weighted by atomic mass is 16.2. The second-order valence-electron chi connectivity index (χ2n) is 2.58. The monoisotopic (exact) mass is 163 g/mol. The molecule has 0 saturated carbocycles. The number of carbonyl (C=O) groups is 2. The summed E-state index contributed by atoms with van der Waals surface area (Å²) in [5.41, 5.74) is 0.884. The average molecular weight is 163 g/mol. The summed E-state index contributed by atoms with van der Waals surface area (Å²) in [6, 6.07) is 6.70. The summed E-state index contributed by atoms with van der Waals surface area (Å²) >= 11 is 0. The van der Waals surface area contributed by atoms with E-state index in [0.29, 0.717) is 11.1 Å². The lowest BCUT2D eigenvalue weighted by Gasteiger charge is -1.97. The van der Waals surface area contributed by atoms with Crippen LogP contribution in [-0.2, 0) is 0 Å². The van der Waals surface area contributed by atoms with Gasteiger partial charge in [-0.3, -0.25) is 9.59 Å². The molecule has 1 aromatic carbocycles. The van der Waals surface area contributed by atoms with Crippen LogP contribution in [0.3, 0.4) is 0 Å². The molecule has 1 aliphatic heterocycles. The maximum absolute atomic E-state index is 11.2. The van der Waals surface area contributed by atoms with Crippen molar-refractivity contribution < 1.29 is 15.4 Å². The number of nitrogens with zero attached hydrogens (tertiary/aromatic N) is 1. The van der Waals surface area contributed by atoms with Gasteiger partial charge in [-0.15, -0.1) is 5.01 Å². The van der Waals surface area contributed by atoms with Gasteiger partial charge >= 0.3 is 11.8 Å². The fraction of sp³-hybridized carbons (Fsp3) is 0. The van der Waals surface area contributed by atoms with Crippen molar-refractivity contribution in [3.63, 3.8) is 0 Å². The lowest BCUT2D eigenvalue weighted by molar-refractivity contribution is -0.519. The standard InChI is InChI=1S/C8H6N2O2/c9-10-7(11)5-3-1-2-4-6(5)8(10)12/h1-4H,9H2/p+1. The Labute approximate surface area is 68.5 Å². The molecule has 0 atom stereocenters. The molecule has 1 heterocycles. The molecular weight excluding hydrogens is 156 g/mol. The molecule has 1 aliphatic rings. The first-order valence-electron chi connectivity index (χ1n) is 3.50. The predicted octanol–water partition coefficient (Wildman–Crippen LogP) is -0.561. The van der Waals surface area contributed by atoms with Crippen molar-refractivity contribution in [3.8, 4) is 0 Å². The molecule has 1 aromatic rings. The van der Waals surface area contributed by atoms with Gasteiger partial charge in [-0.05, 0) is 12.1 Å². The predicted molar refractivity (Wildman–Crippen MR) is 39.8 cm³/mol. The number of hydrogen-bond donors (Lipinski definition) is 1. The molecule has 3 N–H and O–H groups in total. The van der Waals surface area contributed by atoms with Crippen LogP contribution in [0.15, 0.2) is 24.3 Å². The first-order chi connectivity index (χ1) is 5.72. The van der Waals surface area contributed by atoms with E-state index in [-0.39, 0.29) is 11.8 Å². The Bertz CT molecular complexity index is 338. The fourth-order valence-corrected chi connectivity index (χ4v) is 1.24. The van der Waals surface area contributed by atoms with E-state index >= 15 is 0 Å². The highest BCUT2D eigenvalue weighted by Crippen LogP contribution is 2.18. The van der Waals surface area contributed by atoms with Crippen molar-refractivity contribution in [2.24, 2.45) is 0 Å². The van der Waals surface area contributed by atoms with Gasteiger partial charge in [0.2, 0.25) is 0 Å². The summed E-state index contributed by atoms with van der Waals surface area (Å²) in [4.78, 5) is 22.5. The van der Waals surface area contributed by atoms with Crippen LogP contribution >= 0.6 is 0 Å². The van der Waals surface area contributed by atoms with Gasteiger partial charge in [-0.25, -0.2) is 5.84 Å². The van der Waals surface area contributed by atoms with Crippen LogP contribution in [0.5, 0.6) is 0 Å². The molecule has 0 unspecified atom stereocenters. The zero-order valence-electron chi connectivity index (χ0n) is 6.28. The van der Waals surface area contributed by atoms with Gasteiger partial charge in [0.1, 0.15) is 0 Å². The van der Waals surface area contributed by atoms with Crippen LogP contribution < -0.4 is 5.84 Å². The Morgan fingerprint density at radius 2 is 1.42 bits per heavy atom. The van der Waals surface area contributed by atoms with Crippen LogP contribution in [-0.4, -0.2) is 16.8 Å². The highest BCUT2D eigenvalue weighted by molar-refractivity contribution is 6.20. The number of hydrogen-bond acceptors (Lipinski definition) is 2. The van der Waals surface area contributed by atoms with Crippen LogP contribution in [0.25, 0.3) is 0 Å². The summed E-state index contributed by atoms with van der Waals surface area (Å²) in [5, 5.41) is 0.880. The molecule has 12 heavy (non-hydrogen) atoms. The minimum atomic E-state index is -0.324. The Balaban J connectivity index is 2.67. The maximum Gasteiger partial charge on any atom is 0.307 e. The van der Waals surface area contributed by atoms with Crippen molar-refractivity contribution in [3.05, 3.63) is 35.4 Å². The number of rotatable bonds is 0. The van der Waals surface area contributed by atoms with E-state index in [1.54, 1.807) is 24.3 Å². The molecule has 4 heteroatoms. The molecule has 0 aromatic heterocycles. The lowest BCUT2D eigenvalue weighted by atomic mass is 10.1. The first-order valence-corrected chi connectivity index (χ1v) is 3.50. The highest BCUT2D eigenvalue weighted by Gasteiger charge is 2.35. The molecule has 60 valence electrons. The molecule has 0 fully saturated rings. The molecule has 0 saturated heterocycles. The van der Waals surface area contributed by atoms with E-state index < -0.39 is 0 Å². The molecule has 0 aliphatic carbocycles. The van der Waals surface area contributed by atoms with Crippen molar-refractivity contribution in [1.82, 2.24) is 5.01 Å². The van der Waals surface area contributed by atoms with Crippen molar-refractivity contribution in [1.29, 1.82) is 0 Å². The first kappa shape index (κ1) is 7.00. The summed E-state index contributed by atoms with van der Waals surface area (Å²) in [6.07, 6.45) is 0. The zero-order chi connectivity index (χ0) is 8.72. The number of amides is 2.